The molecule has 0 bridgehead atoms. The minimum atomic E-state index is -1.06. The number of nitrogens with zero attached hydrogens (tertiary/aromatic N) is 1. The van der Waals surface area contributed by atoms with Crippen molar-refractivity contribution in [1.82, 2.24) is 10.3 Å². The van der Waals surface area contributed by atoms with E-state index >= 15 is 0 Å². The molecule has 3 atom stereocenters. The van der Waals surface area contributed by atoms with Gasteiger partial charge in [-0.3, -0.25) is 9.59 Å². The Morgan fingerprint density at radius 1 is 1.03 bits per heavy atom. The fourth-order valence-corrected chi connectivity index (χ4v) is 4.02. The summed E-state index contributed by atoms with van der Waals surface area (Å²) in [7, 11) is 1.36. The van der Waals surface area contributed by atoms with Gasteiger partial charge in [0, 0.05) is 25.1 Å². The summed E-state index contributed by atoms with van der Waals surface area (Å²) in [5.41, 5.74) is 2.21. The van der Waals surface area contributed by atoms with E-state index in [1.807, 2.05) is 30.3 Å². The quantitative estimate of drug-likeness (QED) is 0.429. The van der Waals surface area contributed by atoms with Crippen LogP contribution in [-0.2, 0) is 14.3 Å². The predicted molar refractivity (Wildman–Crippen MR) is 134 cm³/mol. The number of methoxy groups -OCH3 is 1. The predicted octanol–water partition coefficient (Wildman–Crippen LogP) is 4.35. The normalized spacial score (nSPS) is 13.1. The number of aryl methyl sites for hydroxylation is 1. The van der Waals surface area contributed by atoms with Gasteiger partial charge in [-0.05, 0) is 49.6 Å². The molecule has 9 heteroatoms. The number of ether oxygens (including phenoxy) is 3. The number of benzene rings is 2. The zero-order valence-corrected chi connectivity index (χ0v) is 21.3. The number of carbonyl (C=O) groups excluding carboxylic acids is 3. The number of esters is 2. The van der Waals surface area contributed by atoms with Crippen LogP contribution in [0.5, 0.6) is 11.5 Å². The van der Waals surface area contributed by atoms with Gasteiger partial charge in [0.2, 0.25) is 5.75 Å². The average Bonchev–Trinajstić information content (AvgIpc) is 2.85. The second-order valence-electron chi connectivity index (χ2n) is 8.51. The number of halogens is 1. The Bertz CT molecular complexity index is 1280. The first kappa shape index (κ1) is 27.3. The lowest BCUT2D eigenvalue weighted by atomic mass is 9.85. The molecule has 194 valence electrons. The van der Waals surface area contributed by atoms with E-state index in [1.165, 1.54) is 45.4 Å². The Kier molecular flexibility index (Phi) is 8.95. The molecule has 37 heavy (non-hydrogen) atoms. The van der Waals surface area contributed by atoms with E-state index in [0.29, 0.717) is 0 Å². The van der Waals surface area contributed by atoms with E-state index in [4.69, 9.17) is 14.2 Å². The molecule has 3 rings (SSSR count). The molecular weight excluding hydrogens is 479 g/mol. The highest BCUT2D eigenvalue weighted by molar-refractivity contribution is 5.98. The van der Waals surface area contributed by atoms with Gasteiger partial charge in [0.25, 0.3) is 5.91 Å². The molecule has 3 aromatic rings. The highest BCUT2D eigenvalue weighted by Crippen LogP contribution is 2.33. The number of nitrogens with one attached hydrogen (secondary N) is 1. The second kappa shape index (κ2) is 12.1. The van der Waals surface area contributed by atoms with Crippen LogP contribution in [0.4, 0.5) is 4.39 Å². The third kappa shape index (κ3) is 6.69. The van der Waals surface area contributed by atoms with Crippen LogP contribution in [0.25, 0.3) is 0 Å². The van der Waals surface area contributed by atoms with Crippen molar-refractivity contribution in [1.29, 1.82) is 0 Å². The van der Waals surface area contributed by atoms with E-state index in [9.17, 15) is 18.8 Å². The third-order valence-electron chi connectivity index (χ3n) is 5.75. The Balaban J connectivity index is 1.80. The highest BCUT2D eigenvalue weighted by Gasteiger charge is 2.29. The van der Waals surface area contributed by atoms with Gasteiger partial charge in [0.1, 0.15) is 18.0 Å². The fourth-order valence-electron chi connectivity index (χ4n) is 4.02. The Labute approximate surface area is 214 Å². The summed E-state index contributed by atoms with van der Waals surface area (Å²) >= 11 is 0. The van der Waals surface area contributed by atoms with Gasteiger partial charge in [0.05, 0.1) is 7.11 Å². The number of pyridine rings is 1. The summed E-state index contributed by atoms with van der Waals surface area (Å²) < 4.78 is 29.8. The van der Waals surface area contributed by atoms with Crippen molar-refractivity contribution in [2.24, 2.45) is 0 Å². The molecule has 0 unspecified atom stereocenters. The maximum absolute atomic E-state index is 13.8. The molecule has 2 aromatic carbocycles. The molecule has 0 saturated carbocycles. The first-order chi connectivity index (χ1) is 17.6. The minimum absolute atomic E-state index is 0.138. The number of aromatic nitrogens is 1. The van der Waals surface area contributed by atoms with Gasteiger partial charge in [-0.1, -0.05) is 36.4 Å². The van der Waals surface area contributed by atoms with Crippen molar-refractivity contribution in [3.8, 4) is 11.5 Å². The molecule has 0 spiro atoms. The summed E-state index contributed by atoms with van der Waals surface area (Å²) in [5, 5.41) is 2.53. The smallest absolute Gasteiger partial charge is 0.328 e. The average molecular weight is 509 g/mol. The zero-order chi connectivity index (χ0) is 27.1. The third-order valence-corrected chi connectivity index (χ3v) is 5.75. The second-order valence-corrected chi connectivity index (χ2v) is 8.51. The van der Waals surface area contributed by atoms with Crippen molar-refractivity contribution < 1.29 is 33.0 Å². The standard InChI is InChI=1S/C28H29FN2O6/c1-16-15-21(29)11-12-22(16)24(20-9-7-6-8-10-20)18(3)36-28(34)17(2)31-27(33)25-26(37-19(4)32)23(35-5)13-14-30-25/h6-15,17-18,24H,1-5H3,(H,31,33)/t17-,18-,24-/m0/s1. The lowest BCUT2D eigenvalue weighted by Crippen LogP contribution is -2.41. The Morgan fingerprint density at radius 2 is 1.73 bits per heavy atom. The van der Waals surface area contributed by atoms with Crippen molar-refractivity contribution >= 4 is 17.8 Å². The van der Waals surface area contributed by atoms with E-state index < -0.39 is 30.0 Å². The Morgan fingerprint density at radius 3 is 2.35 bits per heavy atom. The maximum atomic E-state index is 13.8. The van der Waals surface area contributed by atoms with Crippen molar-refractivity contribution in [3.05, 3.63) is 89.0 Å². The highest BCUT2D eigenvalue weighted by atomic mass is 19.1. The van der Waals surface area contributed by atoms with E-state index in [-0.39, 0.29) is 28.9 Å². The van der Waals surface area contributed by atoms with Gasteiger partial charge in [-0.25, -0.2) is 14.2 Å². The van der Waals surface area contributed by atoms with Crippen LogP contribution in [0.2, 0.25) is 0 Å². The van der Waals surface area contributed by atoms with Gasteiger partial charge in [-0.2, -0.15) is 0 Å². The van der Waals surface area contributed by atoms with E-state index in [0.717, 1.165) is 16.7 Å². The number of carbonyl (C=O) groups is 3. The minimum Gasteiger partial charge on any atom is -0.493 e. The van der Waals surface area contributed by atoms with Crippen molar-refractivity contribution in [2.45, 2.75) is 45.8 Å². The SMILES string of the molecule is COc1ccnc(C(=O)N[C@@H](C)C(=O)O[C@@H](C)[C@@H](c2ccccc2)c2ccc(F)cc2C)c1OC(C)=O. The van der Waals surface area contributed by atoms with Crippen LogP contribution >= 0.6 is 0 Å². The summed E-state index contributed by atoms with van der Waals surface area (Å²) in [5.74, 6) is -2.83. The fraction of sp³-hybridized carbons (Fsp3) is 0.286. The molecule has 1 amide bonds. The summed E-state index contributed by atoms with van der Waals surface area (Å²) in [6, 6.07) is 14.3. The number of rotatable bonds is 9. The molecule has 1 heterocycles. The maximum Gasteiger partial charge on any atom is 0.328 e. The van der Waals surface area contributed by atoms with Crippen LogP contribution in [0.15, 0.2) is 60.8 Å². The topological polar surface area (TPSA) is 104 Å². The molecule has 0 radical (unpaired) electrons. The molecule has 0 aliphatic rings. The van der Waals surface area contributed by atoms with E-state index in [2.05, 4.69) is 10.3 Å². The largest absolute Gasteiger partial charge is 0.493 e. The van der Waals surface area contributed by atoms with Crippen molar-refractivity contribution in [2.75, 3.05) is 7.11 Å². The Hall–Kier alpha value is -4.27. The van der Waals surface area contributed by atoms with Crippen LogP contribution in [0.1, 0.15) is 53.9 Å². The van der Waals surface area contributed by atoms with Gasteiger partial charge in [0.15, 0.2) is 11.4 Å². The molecule has 0 saturated heterocycles. The van der Waals surface area contributed by atoms with Crippen LogP contribution in [0.3, 0.4) is 0 Å². The first-order valence-electron chi connectivity index (χ1n) is 11.7. The lowest BCUT2D eigenvalue weighted by molar-refractivity contribution is -0.150. The molecule has 1 aromatic heterocycles. The summed E-state index contributed by atoms with van der Waals surface area (Å²) in [4.78, 5) is 41.4. The molecule has 0 fully saturated rings. The molecule has 8 nitrogen and oxygen atoms in total. The monoisotopic (exact) mass is 508 g/mol. The van der Waals surface area contributed by atoms with Crippen LogP contribution in [0, 0.1) is 12.7 Å². The molecular formula is C28H29FN2O6. The summed E-state index contributed by atoms with van der Waals surface area (Å²) in [6.07, 6.45) is 0.673. The van der Waals surface area contributed by atoms with Crippen LogP contribution < -0.4 is 14.8 Å². The number of hydrogen-bond acceptors (Lipinski definition) is 7. The number of hydrogen-bond donors (Lipinski definition) is 1. The first-order valence-corrected chi connectivity index (χ1v) is 11.7. The van der Waals surface area contributed by atoms with Crippen molar-refractivity contribution in [3.63, 3.8) is 0 Å². The molecule has 0 aliphatic heterocycles. The summed E-state index contributed by atoms with van der Waals surface area (Å²) in [6.45, 7) is 6.20. The molecule has 1 N–H and O–H groups in total. The lowest BCUT2D eigenvalue weighted by Gasteiger charge is -2.27. The van der Waals surface area contributed by atoms with Gasteiger partial charge in [-0.15, -0.1) is 0 Å². The van der Waals surface area contributed by atoms with Gasteiger partial charge < -0.3 is 19.5 Å². The number of amides is 1. The van der Waals surface area contributed by atoms with E-state index in [1.54, 1.807) is 19.9 Å². The van der Waals surface area contributed by atoms with Crippen LogP contribution in [-0.4, -0.2) is 42.1 Å². The zero-order valence-electron chi connectivity index (χ0n) is 21.3. The molecule has 0 aliphatic carbocycles. The van der Waals surface area contributed by atoms with Gasteiger partial charge >= 0.3 is 11.9 Å².